The molecular formula is C15H25N3O4. The number of carbonyl (C=O) groups is 1. The van der Waals surface area contributed by atoms with Gasteiger partial charge in [-0.25, -0.2) is 9.78 Å². The lowest BCUT2D eigenvalue weighted by Crippen LogP contribution is -2.34. The van der Waals surface area contributed by atoms with Crippen LogP contribution in [0.25, 0.3) is 0 Å². The SMILES string of the molecule is CC(C)(C)OC(=O)NCCc1cncn1CC1COCCO1. The zero-order chi connectivity index (χ0) is 16.0. The predicted molar refractivity (Wildman–Crippen MR) is 80.7 cm³/mol. The zero-order valence-electron chi connectivity index (χ0n) is 13.5. The maximum atomic E-state index is 11.6. The van der Waals surface area contributed by atoms with E-state index in [2.05, 4.69) is 10.3 Å². The van der Waals surface area contributed by atoms with Crippen LogP contribution in [-0.2, 0) is 27.2 Å². The van der Waals surface area contributed by atoms with Gasteiger partial charge in [-0.15, -0.1) is 0 Å². The van der Waals surface area contributed by atoms with Crippen LogP contribution < -0.4 is 5.32 Å². The summed E-state index contributed by atoms with van der Waals surface area (Å²) >= 11 is 0. The summed E-state index contributed by atoms with van der Waals surface area (Å²) in [5.74, 6) is 0. The van der Waals surface area contributed by atoms with Gasteiger partial charge in [0.2, 0.25) is 0 Å². The van der Waals surface area contributed by atoms with E-state index < -0.39 is 11.7 Å². The van der Waals surface area contributed by atoms with E-state index in [4.69, 9.17) is 14.2 Å². The maximum Gasteiger partial charge on any atom is 0.407 e. The molecule has 2 heterocycles. The quantitative estimate of drug-likeness (QED) is 0.889. The molecule has 1 aromatic heterocycles. The summed E-state index contributed by atoms with van der Waals surface area (Å²) < 4.78 is 18.3. The Bertz CT molecular complexity index is 475. The molecule has 7 heteroatoms. The second-order valence-corrected chi connectivity index (χ2v) is 6.28. The Morgan fingerprint density at radius 1 is 1.50 bits per heavy atom. The molecule has 0 radical (unpaired) electrons. The van der Waals surface area contributed by atoms with Crippen LogP contribution in [0.5, 0.6) is 0 Å². The molecule has 0 spiro atoms. The highest BCUT2D eigenvalue weighted by atomic mass is 16.6. The lowest BCUT2D eigenvalue weighted by molar-refractivity contribution is -0.0937. The molecule has 1 saturated heterocycles. The smallest absolute Gasteiger partial charge is 0.407 e. The summed E-state index contributed by atoms with van der Waals surface area (Å²) in [5.41, 5.74) is 0.565. The van der Waals surface area contributed by atoms with Gasteiger partial charge in [-0.1, -0.05) is 0 Å². The van der Waals surface area contributed by atoms with Crippen LogP contribution in [-0.4, -0.2) is 53.7 Å². The number of imidazole rings is 1. The first-order valence-corrected chi connectivity index (χ1v) is 7.59. The molecule has 124 valence electrons. The Hall–Kier alpha value is -1.60. The molecule has 1 aliphatic heterocycles. The van der Waals surface area contributed by atoms with Crippen molar-refractivity contribution < 1.29 is 19.0 Å². The predicted octanol–water partition coefficient (Wildman–Crippen LogP) is 1.37. The molecule has 1 aliphatic rings. The third kappa shape index (κ3) is 5.65. The summed E-state index contributed by atoms with van der Waals surface area (Å²) in [4.78, 5) is 15.8. The van der Waals surface area contributed by atoms with Crippen molar-refractivity contribution in [1.29, 1.82) is 0 Å². The van der Waals surface area contributed by atoms with Crippen molar-refractivity contribution in [3.05, 3.63) is 18.2 Å². The molecule has 1 fully saturated rings. The van der Waals surface area contributed by atoms with E-state index in [-0.39, 0.29) is 6.10 Å². The lowest BCUT2D eigenvalue weighted by atomic mass is 10.2. The number of aromatic nitrogens is 2. The third-order valence-electron chi connectivity index (χ3n) is 3.13. The molecule has 7 nitrogen and oxygen atoms in total. The molecule has 1 N–H and O–H groups in total. The standard InChI is InChI=1S/C15H25N3O4/c1-15(2,3)22-14(19)17-5-4-12-8-16-11-18(12)9-13-10-20-6-7-21-13/h8,11,13H,4-7,9-10H2,1-3H3,(H,17,19). The molecule has 1 unspecified atom stereocenters. The van der Waals surface area contributed by atoms with E-state index in [1.807, 2.05) is 25.3 Å². The second kappa shape index (κ2) is 7.60. The number of alkyl carbamates (subject to hydrolysis) is 1. The molecule has 0 bridgehead atoms. The van der Waals surface area contributed by atoms with Crippen molar-refractivity contribution in [2.24, 2.45) is 0 Å². The van der Waals surface area contributed by atoms with Gasteiger partial charge in [-0.3, -0.25) is 0 Å². The molecule has 0 saturated carbocycles. The van der Waals surface area contributed by atoms with Gasteiger partial charge in [0.1, 0.15) is 5.60 Å². The molecule has 2 rings (SSSR count). The van der Waals surface area contributed by atoms with Gasteiger partial charge in [0.25, 0.3) is 0 Å². The first-order chi connectivity index (χ1) is 10.4. The number of amides is 1. The first-order valence-electron chi connectivity index (χ1n) is 7.59. The van der Waals surface area contributed by atoms with Crippen LogP contribution >= 0.6 is 0 Å². The molecule has 1 amide bonds. The highest BCUT2D eigenvalue weighted by molar-refractivity contribution is 5.67. The molecule has 1 atom stereocenters. The van der Waals surface area contributed by atoms with Crippen LogP contribution in [0.1, 0.15) is 26.5 Å². The topological polar surface area (TPSA) is 74.6 Å². The number of nitrogens with zero attached hydrogens (tertiary/aromatic N) is 2. The van der Waals surface area contributed by atoms with Crippen molar-refractivity contribution in [2.75, 3.05) is 26.4 Å². The molecule has 0 aromatic carbocycles. The number of hydrogen-bond donors (Lipinski definition) is 1. The molecule has 1 aromatic rings. The Balaban J connectivity index is 1.76. The Morgan fingerprint density at radius 2 is 2.32 bits per heavy atom. The highest BCUT2D eigenvalue weighted by Gasteiger charge is 2.17. The van der Waals surface area contributed by atoms with Crippen molar-refractivity contribution >= 4 is 6.09 Å². The minimum Gasteiger partial charge on any atom is -0.444 e. The fraction of sp³-hybridized carbons (Fsp3) is 0.733. The Morgan fingerprint density at radius 3 is 3.00 bits per heavy atom. The maximum absolute atomic E-state index is 11.6. The average molecular weight is 311 g/mol. The minimum atomic E-state index is -0.482. The molecule has 22 heavy (non-hydrogen) atoms. The summed E-state index contributed by atoms with van der Waals surface area (Å²) in [6, 6.07) is 0. The van der Waals surface area contributed by atoms with Gasteiger partial charge in [0.15, 0.2) is 0 Å². The van der Waals surface area contributed by atoms with Gasteiger partial charge in [-0.2, -0.15) is 0 Å². The van der Waals surface area contributed by atoms with E-state index in [0.717, 1.165) is 5.69 Å². The average Bonchev–Trinajstić information content (AvgIpc) is 2.85. The van der Waals surface area contributed by atoms with Crippen LogP contribution in [0.15, 0.2) is 12.5 Å². The lowest BCUT2D eigenvalue weighted by Gasteiger charge is -2.24. The van der Waals surface area contributed by atoms with Crippen molar-refractivity contribution in [3.8, 4) is 0 Å². The fourth-order valence-corrected chi connectivity index (χ4v) is 2.19. The van der Waals surface area contributed by atoms with Crippen molar-refractivity contribution in [1.82, 2.24) is 14.9 Å². The largest absolute Gasteiger partial charge is 0.444 e. The number of hydrogen-bond acceptors (Lipinski definition) is 5. The van der Waals surface area contributed by atoms with Crippen LogP contribution in [0.4, 0.5) is 4.79 Å². The summed E-state index contributed by atoms with van der Waals surface area (Å²) in [7, 11) is 0. The van der Waals surface area contributed by atoms with E-state index in [9.17, 15) is 4.79 Å². The van der Waals surface area contributed by atoms with Gasteiger partial charge >= 0.3 is 6.09 Å². The minimum absolute atomic E-state index is 0.0560. The monoisotopic (exact) mass is 311 g/mol. The number of carbonyl (C=O) groups excluding carboxylic acids is 1. The van der Waals surface area contributed by atoms with Gasteiger partial charge in [0, 0.05) is 24.9 Å². The summed E-state index contributed by atoms with van der Waals surface area (Å²) in [6.45, 7) is 8.63. The van der Waals surface area contributed by atoms with Crippen LogP contribution in [0.2, 0.25) is 0 Å². The fourth-order valence-electron chi connectivity index (χ4n) is 2.19. The van der Waals surface area contributed by atoms with E-state index >= 15 is 0 Å². The van der Waals surface area contributed by atoms with Gasteiger partial charge < -0.3 is 24.1 Å². The Labute approximate surface area is 130 Å². The van der Waals surface area contributed by atoms with E-state index in [0.29, 0.717) is 39.3 Å². The van der Waals surface area contributed by atoms with Gasteiger partial charge in [-0.05, 0) is 20.8 Å². The highest BCUT2D eigenvalue weighted by Crippen LogP contribution is 2.08. The number of rotatable bonds is 5. The van der Waals surface area contributed by atoms with Gasteiger partial charge in [0.05, 0.1) is 38.8 Å². The molecular weight excluding hydrogens is 286 g/mol. The van der Waals surface area contributed by atoms with E-state index in [1.54, 1.807) is 12.5 Å². The van der Waals surface area contributed by atoms with Crippen molar-refractivity contribution in [2.45, 2.75) is 45.4 Å². The summed E-state index contributed by atoms with van der Waals surface area (Å²) in [5, 5.41) is 2.75. The van der Waals surface area contributed by atoms with E-state index in [1.165, 1.54) is 0 Å². The molecule has 0 aliphatic carbocycles. The normalized spacial score (nSPS) is 19.0. The first kappa shape index (κ1) is 16.8. The van der Waals surface area contributed by atoms with Crippen molar-refractivity contribution in [3.63, 3.8) is 0 Å². The van der Waals surface area contributed by atoms with Crippen LogP contribution in [0, 0.1) is 0 Å². The Kier molecular flexibility index (Phi) is 5.79. The summed E-state index contributed by atoms with van der Waals surface area (Å²) in [6.07, 6.45) is 3.93. The third-order valence-corrected chi connectivity index (χ3v) is 3.13. The number of ether oxygens (including phenoxy) is 3. The number of nitrogens with one attached hydrogen (secondary N) is 1. The second-order valence-electron chi connectivity index (χ2n) is 6.28. The van der Waals surface area contributed by atoms with Crippen LogP contribution in [0.3, 0.4) is 0 Å². The zero-order valence-corrected chi connectivity index (χ0v) is 13.5.